The number of anilines is 1. The Morgan fingerprint density at radius 3 is 2.43 bits per heavy atom. The van der Waals surface area contributed by atoms with Crippen molar-refractivity contribution in [3.63, 3.8) is 0 Å². The highest BCUT2D eigenvalue weighted by Gasteiger charge is 2.07. The van der Waals surface area contributed by atoms with Crippen molar-refractivity contribution < 1.29 is 14.3 Å². The molecule has 0 aromatic heterocycles. The minimum absolute atomic E-state index is 0.172. The number of nitrogens with one attached hydrogen (secondary N) is 1. The molecule has 3 aromatic carbocycles. The molecule has 0 bridgehead atoms. The first-order chi connectivity index (χ1) is 14.6. The molecule has 30 heavy (non-hydrogen) atoms. The van der Waals surface area contributed by atoms with Gasteiger partial charge in [-0.3, -0.25) is 4.79 Å². The number of hydrogen-bond acceptors (Lipinski definition) is 3. The van der Waals surface area contributed by atoms with Crippen molar-refractivity contribution in [2.75, 3.05) is 12.4 Å². The predicted molar refractivity (Wildman–Crippen MR) is 122 cm³/mol. The van der Waals surface area contributed by atoms with Gasteiger partial charge in [0.1, 0.15) is 6.61 Å². The average molecular weight is 402 g/mol. The summed E-state index contributed by atoms with van der Waals surface area (Å²) in [7, 11) is 1.61. The summed E-state index contributed by atoms with van der Waals surface area (Å²) in [6.45, 7) is 4.60. The van der Waals surface area contributed by atoms with E-state index in [0.717, 1.165) is 28.8 Å². The maximum atomic E-state index is 12.3. The van der Waals surface area contributed by atoms with Crippen molar-refractivity contribution in [1.82, 2.24) is 0 Å². The lowest BCUT2D eigenvalue weighted by atomic mass is 10.1. The maximum absolute atomic E-state index is 12.3. The third kappa shape index (κ3) is 5.51. The Balaban J connectivity index is 1.66. The van der Waals surface area contributed by atoms with E-state index in [9.17, 15) is 4.79 Å². The van der Waals surface area contributed by atoms with Gasteiger partial charge in [-0.25, -0.2) is 0 Å². The standard InChI is InChI=1S/C26H27NO3/c1-4-21-10-7-8-12-23(21)27-26(28)16-14-20-13-15-24(25(17-20)29-3)30-18-22-11-6-5-9-19(22)2/h5-17H,4,18H2,1-3H3,(H,27,28). The third-order valence-electron chi connectivity index (χ3n) is 4.92. The highest BCUT2D eigenvalue weighted by atomic mass is 16.5. The molecular formula is C26H27NO3. The third-order valence-corrected chi connectivity index (χ3v) is 4.92. The van der Waals surface area contributed by atoms with Crippen molar-refractivity contribution in [3.8, 4) is 11.5 Å². The van der Waals surface area contributed by atoms with Crippen molar-refractivity contribution >= 4 is 17.7 Å². The molecule has 0 spiro atoms. The number of carbonyl (C=O) groups is 1. The number of carbonyl (C=O) groups excluding carboxylic acids is 1. The Morgan fingerprint density at radius 1 is 0.967 bits per heavy atom. The van der Waals surface area contributed by atoms with E-state index in [2.05, 4.69) is 25.2 Å². The van der Waals surface area contributed by atoms with Gasteiger partial charge in [-0.2, -0.15) is 0 Å². The van der Waals surface area contributed by atoms with Crippen molar-refractivity contribution in [3.05, 3.63) is 95.1 Å². The lowest BCUT2D eigenvalue weighted by molar-refractivity contribution is -0.111. The van der Waals surface area contributed by atoms with Crippen molar-refractivity contribution in [2.24, 2.45) is 0 Å². The largest absolute Gasteiger partial charge is 0.493 e. The smallest absolute Gasteiger partial charge is 0.248 e. The van der Waals surface area contributed by atoms with E-state index in [4.69, 9.17) is 9.47 Å². The van der Waals surface area contributed by atoms with Crippen LogP contribution in [0.3, 0.4) is 0 Å². The summed E-state index contributed by atoms with van der Waals surface area (Å²) in [5.41, 5.74) is 5.12. The van der Waals surface area contributed by atoms with Gasteiger partial charge >= 0.3 is 0 Å². The zero-order valence-corrected chi connectivity index (χ0v) is 17.6. The molecular weight excluding hydrogens is 374 g/mol. The Hall–Kier alpha value is -3.53. The second kappa shape index (κ2) is 10.3. The fraction of sp³-hybridized carbons (Fsp3) is 0.192. The predicted octanol–water partition coefficient (Wildman–Crippen LogP) is 5.80. The van der Waals surface area contributed by atoms with E-state index in [1.165, 1.54) is 11.6 Å². The summed E-state index contributed by atoms with van der Waals surface area (Å²) in [4.78, 5) is 12.3. The monoisotopic (exact) mass is 401 g/mol. The van der Waals surface area contributed by atoms with Crippen LogP contribution in [0.1, 0.15) is 29.2 Å². The van der Waals surface area contributed by atoms with Crippen LogP contribution in [0.15, 0.2) is 72.8 Å². The minimum Gasteiger partial charge on any atom is -0.493 e. The topological polar surface area (TPSA) is 47.6 Å². The average Bonchev–Trinajstić information content (AvgIpc) is 2.77. The van der Waals surface area contributed by atoms with Gasteiger partial charge in [0.05, 0.1) is 7.11 Å². The van der Waals surface area contributed by atoms with Crippen LogP contribution < -0.4 is 14.8 Å². The van der Waals surface area contributed by atoms with Crippen LogP contribution in [0.5, 0.6) is 11.5 Å². The van der Waals surface area contributed by atoms with E-state index < -0.39 is 0 Å². The summed E-state index contributed by atoms with van der Waals surface area (Å²) in [5, 5.41) is 2.93. The van der Waals surface area contributed by atoms with E-state index in [1.807, 2.05) is 60.7 Å². The van der Waals surface area contributed by atoms with E-state index in [0.29, 0.717) is 18.1 Å². The van der Waals surface area contributed by atoms with Crippen LogP contribution in [0.2, 0.25) is 0 Å². The number of benzene rings is 3. The number of para-hydroxylation sites is 1. The summed E-state index contributed by atoms with van der Waals surface area (Å²) < 4.78 is 11.4. The Labute approximate surface area is 178 Å². The molecule has 3 rings (SSSR count). The number of rotatable bonds is 8. The lowest BCUT2D eigenvalue weighted by Gasteiger charge is -2.12. The van der Waals surface area contributed by atoms with Gasteiger partial charge in [0.2, 0.25) is 5.91 Å². The number of methoxy groups -OCH3 is 1. The molecule has 0 fully saturated rings. The van der Waals surface area contributed by atoms with Crippen LogP contribution >= 0.6 is 0 Å². The van der Waals surface area contributed by atoms with E-state index in [-0.39, 0.29) is 5.91 Å². The first-order valence-electron chi connectivity index (χ1n) is 10.0. The molecule has 0 heterocycles. The fourth-order valence-corrected chi connectivity index (χ4v) is 3.13. The van der Waals surface area contributed by atoms with Crippen LogP contribution in [0.25, 0.3) is 6.08 Å². The van der Waals surface area contributed by atoms with Gasteiger partial charge in [-0.15, -0.1) is 0 Å². The zero-order valence-electron chi connectivity index (χ0n) is 17.6. The highest BCUT2D eigenvalue weighted by Crippen LogP contribution is 2.29. The Morgan fingerprint density at radius 2 is 1.70 bits per heavy atom. The molecule has 154 valence electrons. The quantitative estimate of drug-likeness (QED) is 0.486. The molecule has 0 unspecified atom stereocenters. The van der Waals surface area contributed by atoms with E-state index in [1.54, 1.807) is 13.2 Å². The molecule has 0 aliphatic rings. The Bertz CT molecular complexity index is 1040. The summed E-state index contributed by atoms with van der Waals surface area (Å²) in [6, 6.07) is 21.6. The molecule has 4 nitrogen and oxygen atoms in total. The molecule has 0 atom stereocenters. The van der Waals surface area contributed by atoms with Crippen LogP contribution in [-0.4, -0.2) is 13.0 Å². The van der Waals surface area contributed by atoms with Crippen LogP contribution in [0.4, 0.5) is 5.69 Å². The fourth-order valence-electron chi connectivity index (χ4n) is 3.13. The lowest BCUT2D eigenvalue weighted by Crippen LogP contribution is -2.09. The first kappa shape index (κ1) is 21.2. The molecule has 0 saturated carbocycles. The molecule has 0 aliphatic carbocycles. The molecule has 4 heteroatoms. The summed E-state index contributed by atoms with van der Waals surface area (Å²) >= 11 is 0. The number of hydrogen-bond donors (Lipinski definition) is 1. The Kier molecular flexibility index (Phi) is 7.28. The molecule has 3 aromatic rings. The number of ether oxygens (including phenoxy) is 2. The second-order valence-corrected chi connectivity index (χ2v) is 6.96. The second-order valence-electron chi connectivity index (χ2n) is 6.96. The maximum Gasteiger partial charge on any atom is 0.248 e. The molecule has 1 amide bonds. The first-order valence-corrected chi connectivity index (χ1v) is 10.0. The van der Waals surface area contributed by atoms with Gasteiger partial charge in [-0.1, -0.05) is 55.5 Å². The molecule has 0 aliphatic heterocycles. The van der Waals surface area contributed by atoms with Gasteiger partial charge in [0.25, 0.3) is 0 Å². The van der Waals surface area contributed by atoms with Crippen molar-refractivity contribution in [2.45, 2.75) is 26.9 Å². The number of aryl methyl sites for hydroxylation is 2. The van der Waals surface area contributed by atoms with Crippen LogP contribution in [0, 0.1) is 6.92 Å². The SMILES string of the molecule is CCc1ccccc1NC(=O)C=Cc1ccc(OCc2ccccc2C)c(OC)c1. The highest BCUT2D eigenvalue weighted by molar-refractivity contribution is 6.02. The normalized spacial score (nSPS) is 10.8. The minimum atomic E-state index is -0.172. The van der Waals surface area contributed by atoms with Crippen molar-refractivity contribution in [1.29, 1.82) is 0 Å². The summed E-state index contributed by atoms with van der Waals surface area (Å²) in [6.07, 6.45) is 4.15. The number of amides is 1. The van der Waals surface area contributed by atoms with E-state index >= 15 is 0 Å². The molecule has 1 N–H and O–H groups in total. The van der Waals surface area contributed by atoms with Crippen LogP contribution in [-0.2, 0) is 17.8 Å². The van der Waals surface area contributed by atoms with Gasteiger partial charge in [-0.05, 0) is 59.9 Å². The molecule has 0 radical (unpaired) electrons. The van der Waals surface area contributed by atoms with Gasteiger partial charge in [0.15, 0.2) is 11.5 Å². The zero-order chi connectivity index (χ0) is 21.3. The van der Waals surface area contributed by atoms with Gasteiger partial charge < -0.3 is 14.8 Å². The summed E-state index contributed by atoms with van der Waals surface area (Å²) in [5.74, 6) is 1.12. The molecule has 0 saturated heterocycles. The van der Waals surface area contributed by atoms with Gasteiger partial charge in [0, 0.05) is 11.8 Å².